The van der Waals surface area contributed by atoms with Crippen LogP contribution in [-0.2, 0) is 0 Å². The van der Waals surface area contributed by atoms with Crippen molar-refractivity contribution in [2.75, 3.05) is 0 Å². The normalized spacial score (nSPS) is 11.1. The second kappa shape index (κ2) is 4.75. The molecule has 0 saturated carbocycles. The molecule has 0 aliphatic rings. The summed E-state index contributed by atoms with van der Waals surface area (Å²) in [6, 6.07) is 1.92. The number of rotatable bonds is 3. The Morgan fingerprint density at radius 1 is 1.41 bits per heavy atom. The third kappa shape index (κ3) is 3.20. The summed E-state index contributed by atoms with van der Waals surface area (Å²) in [5.74, 6) is -1.33. The van der Waals surface area contributed by atoms with Gasteiger partial charge in [-0.1, -0.05) is 11.6 Å². The molecule has 0 aliphatic carbocycles. The molecule has 1 rings (SSSR count). The summed E-state index contributed by atoms with van der Waals surface area (Å²) in [6.45, 7) is 1.09. The summed E-state index contributed by atoms with van der Waals surface area (Å²) in [4.78, 5) is 21.8. The van der Waals surface area contributed by atoms with Gasteiger partial charge in [0.25, 0.3) is 0 Å². The van der Waals surface area contributed by atoms with Crippen LogP contribution in [0.15, 0.2) is 12.1 Å². The topological polar surface area (TPSA) is 43.4 Å². The smallest absolute Gasteiger partial charge is 0.404 e. The van der Waals surface area contributed by atoms with Crippen LogP contribution in [0.1, 0.15) is 27.6 Å². The minimum atomic E-state index is -4.92. The molecule has 0 atom stereocenters. The van der Waals surface area contributed by atoms with Crippen molar-refractivity contribution in [1.82, 2.24) is 0 Å². The highest BCUT2D eigenvalue weighted by atomic mass is 35.5. The lowest BCUT2D eigenvalue weighted by Crippen LogP contribution is -2.18. The summed E-state index contributed by atoms with van der Waals surface area (Å²) < 4.78 is 39.6. The predicted molar refractivity (Wildman–Crippen MR) is 53.5 cm³/mol. The number of benzene rings is 1. The minimum Gasteiger partial charge on any atom is -0.404 e. The maximum Gasteiger partial charge on any atom is 0.573 e. The number of aldehydes is 1. The molecule has 0 fully saturated rings. The van der Waals surface area contributed by atoms with Crippen molar-refractivity contribution < 1.29 is 27.5 Å². The third-order valence-electron chi connectivity index (χ3n) is 1.84. The van der Waals surface area contributed by atoms with Crippen LogP contribution in [0, 0.1) is 0 Å². The summed E-state index contributed by atoms with van der Waals surface area (Å²) in [6.07, 6.45) is -4.58. The number of halogens is 4. The number of hydrogen-bond acceptors (Lipinski definition) is 3. The highest BCUT2D eigenvalue weighted by Gasteiger charge is 2.33. The maximum absolute atomic E-state index is 12.0. The Bertz CT molecular complexity index is 469. The number of ether oxygens (including phenoxy) is 1. The maximum atomic E-state index is 12.0. The monoisotopic (exact) mass is 266 g/mol. The molecule has 17 heavy (non-hydrogen) atoms. The molecule has 0 radical (unpaired) electrons. The van der Waals surface area contributed by atoms with Gasteiger partial charge in [0.1, 0.15) is 5.75 Å². The zero-order chi connectivity index (χ0) is 13.2. The molecule has 0 N–H and O–H groups in total. The molecule has 1 aromatic carbocycles. The van der Waals surface area contributed by atoms with E-state index in [1.807, 2.05) is 0 Å². The van der Waals surface area contributed by atoms with Gasteiger partial charge in [-0.15, -0.1) is 13.2 Å². The van der Waals surface area contributed by atoms with E-state index in [2.05, 4.69) is 4.74 Å². The van der Waals surface area contributed by atoms with Crippen molar-refractivity contribution in [3.05, 3.63) is 28.3 Å². The molecule has 0 unspecified atom stereocenters. The molecular weight excluding hydrogens is 261 g/mol. The van der Waals surface area contributed by atoms with Crippen molar-refractivity contribution in [2.24, 2.45) is 0 Å². The molecule has 1 aromatic rings. The van der Waals surface area contributed by atoms with E-state index in [4.69, 9.17) is 11.6 Å². The van der Waals surface area contributed by atoms with E-state index in [9.17, 15) is 22.8 Å². The van der Waals surface area contributed by atoms with Crippen LogP contribution < -0.4 is 4.74 Å². The van der Waals surface area contributed by atoms with E-state index in [1.54, 1.807) is 0 Å². The molecule has 7 heteroatoms. The molecule has 0 bridgehead atoms. The van der Waals surface area contributed by atoms with E-state index in [1.165, 1.54) is 0 Å². The fraction of sp³-hybridized carbons (Fsp3) is 0.200. The Balaban J connectivity index is 3.33. The molecule has 0 saturated heterocycles. The summed E-state index contributed by atoms with van der Waals surface area (Å²) in [5.41, 5.74) is -0.375. The van der Waals surface area contributed by atoms with Crippen LogP contribution >= 0.6 is 11.6 Å². The molecule has 0 spiro atoms. The zero-order valence-corrected chi connectivity index (χ0v) is 9.22. The average Bonchev–Trinajstić information content (AvgIpc) is 2.18. The van der Waals surface area contributed by atoms with E-state index in [0.717, 1.165) is 19.1 Å². The molecule has 3 nitrogen and oxygen atoms in total. The van der Waals surface area contributed by atoms with Crippen molar-refractivity contribution >= 4 is 23.7 Å². The first-order chi connectivity index (χ1) is 7.76. The van der Waals surface area contributed by atoms with Crippen LogP contribution in [0.4, 0.5) is 13.2 Å². The molecule has 0 aromatic heterocycles. The molecule has 92 valence electrons. The van der Waals surface area contributed by atoms with Gasteiger partial charge in [0, 0.05) is 5.56 Å². The fourth-order valence-electron chi connectivity index (χ4n) is 1.23. The van der Waals surface area contributed by atoms with Gasteiger partial charge in [-0.2, -0.15) is 0 Å². The average molecular weight is 267 g/mol. The van der Waals surface area contributed by atoms with Crippen LogP contribution in [0.25, 0.3) is 0 Å². The predicted octanol–water partition coefficient (Wildman–Crippen LogP) is 3.25. The standard InChI is InChI=1S/C10H6ClF3O3/c1-5(16)8-6(4-15)2-3-7(9(8)11)17-10(12,13)14/h2-4H,1H3. The molecule has 0 aliphatic heterocycles. The Kier molecular flexibility index (Phi) is 3.77. The quantitative estimate of drug-likeness (QED) is 0.623. The van der Waals surface area contributed by atoms with E-state index < -0.39 is 22.9 Å². The Labute approximate surface area is 99.1 Å². The summed E-state index contributed by atoms with van der Waals surface area (Å²) in [5, 5.41) is -0.528. The Morgan fingerprint density at radius 2 is 2.00 bits per heavy atom. The van der Waals surface area contributed by atoms with Crippen LogP contribution in [0.2, 0.25) is 5.02 Å². The first-order valence-corrected chi connectivity index (χ1v) is 4.68. The number of Topliss-reactive ketones (excluding diaryl/α,β-unsaturated/α-hetero) is 1. The van der Waals surface area contributed by atoms with Gasteiger partial charge in [-0.05, 0) is 19.1 Å². The van der Waals surface area contributed by atoms with E-state index in [0.29, 0.717) is 6.29 Å². The Morgan fingerprint density at radius 3 is 2.41 bits per heavy atom. The second-order valence-corrected chi connectivity index (χ2v) is 3.44. The summed E-state index contributed by atoms with van der Waals surface area (Å²) in [7, 11) is 0. The number of alkyl halides is 3. The van der Waals surface area contributed by atoms with Crippen molar-refractivity contribution in [2.45, 2.75) is 13.3 Å². The van der Waals surface area contributed by atoms with Gasteiger partial charge in [-0.3, -0.25) is 9.59 Å². The van der Waals surface area contributed by atoms with E-state index >= 15 is 0 Å². The van der Waals surface area contributed by atoms with Crippen molar-refractivity contribution in [1.29, 1.82) is 0 Å². The van der Waals surface area contributed by atoms with Crippen LogP contribution in [-0.4, -0.2) is 18.4 Å². The lowest BCUT2D eigenvalue weighted by molar-refractivity contribution is -0.274. The second-order valence-electron chi connectivity index (χ2n) is 3.06. The lowest BCUT2D eigenvalue weighted by atomic mass is 10.0. The van der Waals surface area contributed by atoms with Gasteiger partial charge in [0.05, 0.1) is 10.6 Å². The zero-order valence-electron chi connectivity index (χ0n) is 8.47. The first-order valence-electron chi connectivity index (χ1n) is 4.30. The largest absolute Gasteiger partial charge is 0.573 e. The van der Waals surface area contributed by atoms with Gasteiger partial charge < -0.3 is 4.74 Å². The molecule has 0 amide bonds. The fourth-order valence-corrected chi connectivity index (χ4v) is 1.58. The number of ketones is 1. The lowest BCUT2D eigenvalue weighted by Gasteiger charge is -2.12. The highest BCUT2D eigenvalue weighted by molar-refractivity contribution is 6.36. The van der Waals surface area contributed by atoms with Crippen molar-refractivity contribution in [3.8, 4) is 5.75 Å². The Hall–Kier alpha value is -1.56. The first kappa shape index (κ1) is 13.5. The highest BCUT2D eigenvalue weighted by Crippen LogP contribution is 2.34. The SMILES string of the molecule is CC(=O)c1c(C=O)ccc(OC(F)(F)F)c1Cl. The van der Waals surface area contributed by atoms with E-state index in [-0.39, 0.29) is 11.1 Å². The van der Waals surface area contributed by atoms with Crippen LogP contribution in [0.5, 0.6) is 5.75 Å². The van der Waals surface area contributed by atoms with Gasteiger partial charge >= 0.3 is 6.36 Å². The summed E-state index contributed by atoms with van der Waals surface area (Å²) >= 11 is 5.59. The number of carbonyl (C=O) groups is 2. The van der Waals surface area contributed by atoms with Gasteiger partial charge in [-0.25, -0.2) is 0 Å². The van der Waals surface area contributed by atoms with Crippen molar-refractivity contribution in [3.63, 3.8) is 0 Å². The number of hydrogen-bond donors (Lipinski definition) is 0. The third-order valence-corrected chi connectivity index (χ3v) is 2.22. The number of carbonyl (C=O) groups excluding carboxylic acids is 2. The van der Waals surface area contributed by atoms with Gasteiger partial charge in [0.2, 0.25) is 0 Å². The van der Waals surface area contributed by atoms with Crippen LogP contribution in [0.3, 0.4) is 0 Å². The van der Waals surface area contributed by atoms with Gasteiger partial charge in [0.15, 0.2) is 12.1 Å². The molecular formula is C10H6ClF3O3. The molecule has 0 heterocycles. The minimum absolute atomic E-state index is 0.0861.